The summed E-state index contributed by atoms with van der Waals surface area (Å²) in [6, 6.07) is 0. The summed E-state index contributed by atoms with van der Waals surface area (Å²) in [5.74, 6) is 0. The first-order valence-corrected chi connectivity index (χ1v) is 3.33. The van der Waals surface area contributed by atoms with Crippen molar-refractivity contribution in [3.63, 3.8) is 0 Å². The van der Waals surface area contributed by atoms with Crippen molar-refractivity contribution < 1.29 is 4.74 Å². The first kappa shape index (κ1) is 7.21. The highest BCUT2D eigenvalue weighted by molar-refractivity contribution is 4.58. The molecule has 1 aromatic rings. The van der Waals surface area contributed by atoms with Crippen LogP contribution >= 0.6 is 0 Å². The van der Waals surface area contributed by atoms with Gasteiger partial charge in [0, 0.05) is 13.2 Å². The molecule has 4 heteroatoms. The van der Waals surface area contributed by atoms with E-state index in [1.54, 1.807) is 12.7 Å². The molecule has 0 saturated heterocycles. The zero-order valence-corrected chi connectivity index (χ0v) is 6.03. The lowest BCUT2D eigenvalue weighted by molar-refractivity contribution is 0.139. The van der Waals surface area contributed by atoms with Crippen molar-refractivity contribution in [2.24, 2.45) is 0 Å². The molecule has 0 N–H and O–H groups in total. The van der Waals surface area contributed by atoms with Crippen LogP contribution in [0.15, 0.2) is 12.7 Å². The predicted molar refractivity (Wildman–Crippen MR) is 36.5 cm³/mol. The SMILES string of the molecule is CCOCCn1cnnc1. The number of rotatable bonds is 4. The maximum atomic E-state index is 5.13. The average Bonchev–Trinajstić information content (AvgIpc) is 2.41. The second kappa shape index (κ2) is 4.00. The van der Waals surface area contributed by atoms with Crippen LogP contribution < -0.4 is 0 Å². The molecule has 1 aromatic heterocycles. The molecule has 1 heterocycles. The molecule has 0 fully saturated rings. The standard InChI is InChI=1S/C6H11N3O/c1-2-10-4-3-9-5-7-8-6-9/h5-6H,2-4H2,1H3. The fourth-order valence-corrected chi connectivity index (χ4v) is 0.652. The summed E-state index contributed by atoms with van der Waals surface area (Å²) in [4.78, 5) is 0. The van der Waals surface area contributed by atoms with Crippen LogP contribution in [0.4, 0.5) is 0 Å². The van der Waals surface area contributed by atoms with Crippen LogP contribution in [-0.2, 0) is 11.3 Å². The van der Waals surface area contributed by atoms with E-state index in [4.69, 9.17) is 4.74 Å². The van der Waals surface area contributed by atoms with Gasteiger partial charge in [0.1, 0.15) is 12.7 Å². The van der Waals surface area contributed by atoms with E-state index in [1.165, 1.54) is 0 Å². The van der Waals surface area contributed by atoms with Crippen molar-refractivity contribution in [3.05, 3.63) is 12.7 Å². The summed E-state index contributed by atoms with van der Waals surface area (Å²) in [5.41, 5.74) is 0. The fraction of sp³-hybridized carbons (Fsp3) is 0.667. The first-order chi connectivity index (χ1) is 4.93. The monoisotopic (exact) mass is 141 g/mol. The van der Waals surface area contributed by atoms with Gasteiger partial charge in [0.05, 0.1) is 6.61 Å². The Morgan fingerprint density at radius 2 is 2.10 bits per heavy atom. The van der Waals surface area contributed by atoms with Gasteiger partial charge in [-0.1, -0.05) is 0 Å². The topological polar surface area (TPSA) is 39.9 Å². The van der Waals surface area contributed by atoms with E-state index < -0.39 is 0 Å². The summed E-state index contributed by atoms with van der Waals surface area (Å²) in [6.07, 6.45) is 3.36. The fourth-order valence-electron chi connectivity index (χ4n) is 0.652. The summed E-state index contributed by atoms with van der Waals surface area (Å²) >= 11 is 0. The lowest BCUT2D eigenvalue weighted by Crippen LogP contribution is -2.03. The van der Waals surface area contributed by atoms with Gasteiger partial charge in [-0.15, -0.1) is 10.2 Å². The molecule has 0 saturated carbocycles. The van der Waals surface area contributed by atoms with Crippen molar-refractivity contribution in [3.8, 4) is 0 Å². The summed E-state index contributed by atoms with van der Waals surface area (Å²) in [5, 5.41) is 7.32. The molecule has 0 bridgehead atoms. The smallest absolute Gasteiger partial charge is 0.119 e. The molecule has 0 spiro atoms. The molecular weight excluding hydrogens is 130 g/mol. The third kappa shape index (κ3) is 2.14. The molecule has 0 unspecified atom stereocenters. The Bertz CT molecular complexity index is 162. The highest BCUT2D eigenvalue weighted by atomic mass is 16.5. The van der Waals surface area contributed by atoms with Gasteiger partial charge in [-0.25, -0.2) is 0 Å². The van der Waals surface area contributed by atoms with E-state index in [9.17, 15) is 0 Å². The number of hydrogen-bond acceptors (Lipinski definition) is 3. The zero-order chi connectivity index (χ0) is 7.23. The molecule has 0 aliphatic heterocycles. The lowest BCUT2D eigenvalue weighted by atomic mass is 10.7. The number of hydrogen-bond donors (Lipinski definition) is 0. The average molecular weight is 141 g/mol. The molecule has 0 radical (unpaired) electrons. The second-order valence-electron chi connectivity index (χ2n) is 1.90. The van der Waals surface area contributed by atoms with Gasteiger partial charge >= 0.3 is 0 Å². The molecular formula is C6H11N3O. The molecule has 0 amide bonds. The minimum absolute atomic E-state index is 0.731. The summed E-state index contributed by atoms with van der Waals surface area (Å²) in [6.45, 7) is 4.31. The normalized spacial score (nSPS) is 10.1. The molecule has 56 valence electrons. The lowest BCUT2D eigenvalue weighted by Gasteiger charge is -1.99. The van der Waals surface area contributed by atoms with E-state index in [2.05, 4.69) is 10.2 Å². The minimum Gasteiger partial charge on any atom is -0.380 e. The van der Waals surface area contributed by atoms with Crippen LogP contribution in [0.5, 0.6) is 0 Å². The summed E-state index contributed by atoms with van der Waals surface area (Å²) in [7, 11) is 0. The Morgan fingerprint density at radius 1 is 1.40 bits per heavy atom. The van der Waals surface area contributed by atoms with Gasteiger partial charge < -0.3 is 9.30 Å². The van der Waals surface area contributed by atoms with E-state index in [0.717, 1.165) is 19.8 Å². The van der Waals surface area contributed by atoms with Gasteiger partial charge in [0.2, 0.25) is 0 Å². The van der Waals surface area contributed by atoms with Crippen LogP contribution in [-0.4, -0.2) is 28.0 Å². The van der Waals surface area contributed by atoms with E-state index in [-0.39, 0.29) is 0 Å². The van der Waals surface area contributed by atoms with Crippen molar-refractivity contribution in [1.29, 1.82) is 0 Å². The van der Waals surface area contributed by atoms with E-state index in [1.807, 2.05) is 11.5 Å². The number of nitrogens with zero attached hydrogens (tertiary/aromatic N) is 3. The van der Waals surface area contributed by atoms with Crippen LogP contribution in [0, 0.1) is 0 Å². The molecule has 0 aromatic carbocycles. The van der Waals surface area contributed by atoms with Gasteiger partial charge in [-0.3, -0.25) is 0 Å². The molecule has 0 aliphatic rings. The van der Waals surface area contributed by atoms with Crippen molar-refractivity contribution in [1.82, 2.24) is 14.8 Å². The van der Waals surface area contributed by atoms with Gasteiger partial charge in [-0.05, 0) is 6.92 Å². The van der Waals surface area contributed by atoms with E-state index >= 15 is 0 Å². The highest BCUT2D eigenvalue weighted by Crippen LogP contribution is 1.82. The number of aromatic nitrogens is 3. The molecule has 4 nitrogen and oxygen atoms in total. The molecule has 1 rings (SSSR count). The third-order valence-corrected chi connectivity index (χ3v) is 1.16. The Kier molecular flexibility index (Phi) is 2.89. The predicted octanol–water partition coefficient (Wildman–Crippen LogP) is 0.315. The Hall–Kier alpha value is -0.900. The molecule has 0 aliphatic carbocycles. The van der Waals surface area contributed by atoms with E-state index in [0.29, 0.717) is 0 Å². The van der Waals surface area contributed by atoms with Crippen LogP contribution in [0.3, 0.4) is 0 Å². The summed E-state index contributed by atoms with van der Waals surface area (Å²) < 4.78 is 7.02. The maximum Gasteiger partial charge on any atom is 0.119 e. The van der Waals surface area contributed by atoms with Crippen molar-refractivity contribution >= 4 is 0 Å². The zero-order valence-electron chi connectivity index (χ0n) is 6.03. The van der Waals surface area contributed by atoms with Crippen LogP contribution in [0.25, 0.3) is 0 Å². The molecule has 0 atom stereocenters. The van der Waals surface area contributed by atoms with Gasteiger partial charge in [0.25, 0.3) is 0 Å². The molecule has 10 heavy (non-hydrogen) atoms. The quantitative estimate of drug-likeness (QED) is 0.567. The highest BCUT2D eigenvalue weighted by Gasteiger charge is 1.88. The number of ether oxygens (including phenoxy) is 1. The van der Waals surface area contributed by atoms with Gasteiger partial charge in [-0.2, -0.15) is 0 Å². The van der Waals surface area contributed by atoms with Crippen molar-refractivity contribution in [2.75, 3.05) is 13.2 Å². The Morgan fingerprint density at radius 3 is 2.70 bits per heavy atom. The largest absolute Gasteiger partial charge is 0.380 e. The third-order valence-electron chi connectivity index (χ3n) is 1.16. The van der Waals surface area contributed by atoms with Crippen LogP contribution in [0.2, 0.25) is 0 Å². The van der Waals surface area contributed by atoms with Gasteiger partial charge in [0.15, 0.2) is 0 Å². The van der Waals surface area contributed by atoms with Crippen LogP contribution in [0.1, 0.15) is 6.92 Å². The maximum absolute atomic E-state index is 5.13. The first-order valence-electron chi connectivity index (χ1n) is 3.33. The second-order valence-corrected chi connectivity index (χ2v) is 1.90. The van der Waals surface area contributed by atoms with Crippen molar-refractivity contribution in [2.45, 2.75) is 13.5 Å². The Labute approximate surface area is 59.8 Å². The minimum atomic E-state index is 0.731. The Balaban J connectivity index is 2.15.